The van der Waals surface area contributed by atoms with Gasteiger partial charge in [0.15, 0.2) is 0 Å². The third-order valence-corrected chi connectivity index (χ3v) is 4.20. The smallest absolute Gasteiger partial charge is 0.224 e. The summed E-state index contributed by atoms with van der Waals surface area (Å²) < 4.78 is 18.3. The van der Waals surface area contributed by atoms with E-state index in [4.69, 9.17) is 4.74 Å². The van der Waals surface area contributed by atoms with E-state index in [1.807, 2.05) is 4.90 Å². The van der Waals surface area contributed by atoms with Crippen LogP contribution in [0, 0.1) is 5.82 Å². The zero-order valence-electron chi connectivity index (χ0n) is 12.1. The van der Waals surface area contributed by atoms with Crippen molar-refractivity contribution in [3.05, 3.63) is 30.1 Å². The van der Waals surface area contributed by atoms with Gasteiger partial charge in [0.25, 0.3) is 0 Å². The second-order valence-electron chi connectivity index (χ2n) is 5.84. The number of ether oxygens (including phenoxy) is 1. The Morgan fingerprint density at radius 3 is 2.81 bits per heavy atom. The van der Waals surface area contributed by atoms with Gasteiger partial charge in [-0.15, -0.1) is 0 Å². The molecule has 2 aliphatic heterocycles. The molecule has 2 saturated heterocycles. The first kappa shape index (κ1) is 14.3. The zero-order chi connectivity index (χ0) is 14.7. The van der Waals surface area contributed by atoms with E-state index in [9.17, 15) is 9.18 Å². The van der Waals surface area contributed by atoms with Gasteiger partial charge in [0, 0.05) is 31.6 Å². The molecule has 1 amide bonds. The Kier molecular flexibility index (Phi) is 4.39. The lowest BCUT2D eigenvalue weighted by Crippen LogP contribution is -2.38. The molecule has 2 heterocycles. The number of fused-ring (bicyclic) bond motifs is 2. The van der Waals surface area contributed by atoms with Crippen LogP contribution in [0.2, 0.25) is 0 Å². The molecule has 2 fully saturated rings. The van der Waals surface area contributed by atoms with Crippen molar-refractivity contribution < 1.29 is 13.9 Å². The summed E-state index contributed by atoms with van der Waals surface area (Å²) in [6.07, 6.45) is 3.70. The predicted molar refractivity (Wildman–Crippen MR) is 77.7 cm³/mol. The summed E-state index contributed by atoms with van der Waals surface area (Å²) in [7, 11) is 0. The van der Waals surface area contributed by atoms with Crippen LogP contribution >= 0.6 is 0 Å². The third-order valence-electron chi connectivity index (χ3n) is 4.20. The SMILES string of the molecule is O=C1C[C@H]2CC[C@@H](CN1CCCOc1ccc(F)cc1)N2. The van der Waals surface area contributed by atoms with Gasteiger partial charge in [-0.3, -0.25) is 4.79 Å². The molecule has 2 bridgehead atoms. The molecule has 21 heavy (non-hydrogen) atoms. The average molecular weight is 292 g/mol. The number of amides is 1. The maximum Gasteiger partial charge on any atom is 0.224 e. The summed E-state index contributed by atoms with van der Waals surface area (Å²) in [5.41, 5.74) is 0. The highest BCUT2D eigenvalue weighted by molar-refractivity contribution is 5.77. The lowest BCUT2D eigenvalue weighted by molar-refractivity contribution is -0.131. The van der Waals surface area contributed by atoms with Crippen molar-refractivity contribution in [2.24, 2.45) is 0 Å². The highest BCUT2D eigenvalue weighted by Crippen LogP contribution is 2.21. The first-order valence-electron chi connectivity index (χ1n) is 7.63. The molecule has 2 atom stereocenters. The maximum absolute atomic E-state index is 12.8. The molecule has 3 rings (SSSR count). The number of nitrogens with one attached hydrogen (secondary N) is 1. The summed E-state index contributed by atoms with van der Waals surface area (Å²) in [6.45, 7) is 2.08. The number of hydrogen-bond donors (Lipinski definition) is 1. The van der Waals surface area contributed by atoms with Crippen LogP contribution in [-0.4, -0.2) is 42.6 Å². The van der Waals surface area contributed by atoms with E-state index in [0.29, 0.717) is 30.9 Å². The minimum atomic E-state index is -0.264. The van der Waals surface area contributed by atoms with Gasteiger partial charge in [-0.2, -0.15) is 0 Å². The molecule has 0 radical (unpaired) electrons. The number of rotatable bonds is 5. The fraction of sp³-hybridized carbons (Fsp3) is 0.562. The fourth-order valence-corrected chi connectivity index (χ4v) is 3.11. The molecule has 1 N–H and O–H groups in total. The summed E-state index contributed by atoms with van der Waals surface area (Å²) in [5.74, 6) is 0.649. The number of benzene rings is 1. The average Bonchev–Trinajstić information content (AvgIpc) is 2.84. The Hall–Kier alpha value is -1.62. The van der Waals surface area contributed by atoms with Crippen molar-refractivity contribution >= 4 is 5.91 Å². The van der Waals surface area contributed by atoms with Crippen molar-refractivity contribution in [2.45, 2.75) is 37.8 Å². The molecule has 0 aliphatic carbocycles. The number of carbonyl (C=O) groups excluding carboxylic acids is 1. The van der Waals surface area contributed by atoms with E-state index in [1.54, 1.807) is 12.1 Å². The van der Waals surface area contributed by atoms with Crippen LogP contribution < -0.4 is 10.1 Å². The van der Waals surface area contributed by atoms with Crippen LogP contribution in [0.3, 0.4) is 0 Å². The highest BCUT2D eigenvalue weighted by atomic mass is 19.1. The van der Waals surface area contributed by atoms with Crippen LogP contribution in [0.5, 0.6) is 5.75 Å². The normalized spacial score (nSPS) is 25.0. The minimum absolute atomic E-state index is 0.247. The standard InChI is InChI=1S/C16H21FN2O2/c17-12-2-6-15(7-3-12)21-9-1-8-19-11-14-5-4-13(18-14)10-16(19)20/h2-3,6-7,13-14,18H,1,4-5,8-11H2/t13-,14+/m1/s1. The van der Waals surface area contributed by atoms with E-state index in [-0.39, 0.29) is 11.7 Å². The predicted octanol–water partition coefficient (Wildman–Crippen LogP) is 1.95. The zero-order valence-corrected chi connectivity index (χ0v) is 12.1. The third kappa shape index (κ3) is 3.73. The van der Waals surface area contributed by atoms with Crippen molar-refractivity contribution in [2.75, 3.05) is 19.7 Å². The van der Waals surface area contributed by atoms with E-state index in [0.717, 1.165) is 25.9 Å². The van der Waals surface area contributed by atoms with Crippen molar-refractivity contribution in [1.82, 2.24) is 10.2 Å². The fourth-order valence-electron chi connectivity index (χ4n) is 3.11. The summed E-state index contributed by atoms with van der Waals surface area (Å²) in [4.78, 5) is 14.1. The van der Waals surface area contributed by atoms with Crippen molar-refractivity contribution in [3.63, 3.8) is 0 Å². The van der Waals surface area contributed by atoms with Gasteiger partial charge in [-0.1, -0.05) is 0 Å². The highest BCUT2D eigenvalue weighted by Gasteiger charge is 2.32. The van der Waals surface area contributed by atoms with E-state index in [2.05, 4.69) is 5.32 Å². The van der Waals surface area contributed by atoms with Gasteiger partial charge in [-0.25, -0.2) is 4.39 Å². The molecule has 0 saturated carbocycles. The first-order chi connectivity index (χ1) is 10.2. The molecule has 4 nitrogen and oxygen atoms in total. The Morgan fingerprint density at radius 2 is 2.00 bits per heavy atom. The monoisotopic (exact) mass is 292 g/mol. The number of hydrogen-bond acceptors (Lipinski definition) is 3. The van der Waals surface area contributed by atoms with Crippen LogP contribution in [0.1, 0.15) is 25.7 Å². The van der Waals surface area contributed by atoms with Crippen LogP contribution in [-0.2, 0) is 4.79 Å². The number of halogens is 1. The largest absolute Gasteiger partial charge is 0.494 e. The molecular formula is C16H21FN2O2. The van der Waals surface area contributed by atoms with Gasteiger partial charge in [-0.05, 0) is 43.5 Å². The molecule has 1 aromatic rings. The Bertz CT molecular complexity index is 492. The van der Waals surface area contributed by atoms with Gasteiger partial charge in [0.05, 0.1) is 6.61 Å². The van der Waals surface area contributed by atoms with Gasteiger partial charge in [0.2, 0.25) is 5.91 Å². The quantitative estimate of drug-likeness (QED) is 0.843. The van der Waals surface area contributed by atoms with Crippen LogP contribution in [0.4, 0.5) is 4.39 Å². The van der Waals surface area contributed by atoms with E-state index < -0.39 is 0 Å². The Labute approximate surface area is 124 Å². The molecule has 5 heteroatoms. The lowest BCUT2D eigenvalue weighted by atomic mass is 10.1. The summed E-state index contributed by atoms with van der Waals surface area (Å²) in [5, 5.41) is 3.51. The molecule has 0 spiro atoms. The van der Waals surface area contributed by atoms with E-state index in [1.165, 1.54) is 18.6 Å². The minimum Gasteiger partial charge on any atom is -0.494 e. The van der Waals surface area contributed by atoms with Crippen molar-refractivity contribution in [1.29, 1.82) is 0 Å². The van der Waals surface area contributed by atoms with Gasteiger partial charge in [0.1, 0.15) is 11.6 Å². The maximum atomic E-state index is 12.8. The molecule has 0 unspecified atom stereocenters. The number of likely N-dealkylation sites (tertiary alicyclic amines) is 1. The van der Waals surface area contributed by atoms with Gasteiger partial charge >= 0.3 is 0 Å². The molecule has 0 aromatic heterocycles. The Morgan fingerprint density at radius 1 is 1.24 bits per heavy atom. The first-order valence-corrected chi connectivity index (χ1v) is 7.63. The van der Waals surface area contributed by atoms with E-state index >= 15 is 0 Å². The Balaban J connectivity index is 1.42. The molecule has 1 aromatic carbocycles. The van der Waals surface area contributed by atoms with Crippen molar-refractivity contribution in [3.8, 4) is 5.75 Å². The van der Waals surface area contributed by atoms with Crippen LogP contribution in [0.25, 0.3) is 0 Å². The topological polar surface area (TPSA) is 41.6 Å². The molecular weight excluding hydrogens is 271 g/mol. The number of nitrogens with zero attached hydrogens (tertiary/aromatic N) is 1. The lowest BCUT2D eigenvalue weighted by Gasteiger charge is -2.24. The molecule has 2 aliphatic rings. The second-order valence-corrected chi connectivity index (χ2v) is 5.84. The van der Waals surface area contributed by atoms with Gasteiger partial charge < -0.3 is 15.0 Å². The number of carbonyl (C=O) groups is 1. The molecule has 114 valence electrons. The second kappa shape index (κ2) is 6.43. The summed E-state index contributed by atoms with van der Waals surface area (Å²) in [6, 6.07) is 6.85. The summed E-state index contributed by atoms with van der Waals surface area (Å²) >= 11 is 0. The van der Waals surface area contributed by atoms with Crippen LogP contribution in [0.15, 0.2) is 24.3 Å².